The van der Waals surface area contributed by atoms with Crippen LogP contribution in [0.3, 0.4) is 0 Å². The van der Waals surface area contributed by atoms with E-state index in [2.05, 4.69) is 32.6 Å². The highest BCUT2D eigenvalue weighted by Crippen LogP contribution is 2.32. The maximum absolute atomic E-state index is 12.1. The molecule has 0 saturated heterocycles. The molecule has 0 aliphatic rings. The third-order valence-corrected chi connectivity index (χ3v) is 2.11. The van der Waals surface area contributed by atoms with Gasteiger partial charge in [-0.3, -0.25) is 4.79 Å². The second kappa shape index (κ2) is 5.22. The number of carbonyl (C=O) groups is 1. The predicted octanol–water partition coefficient (Wildman–Crippen LogP) is 3.47. The number of anilines is 1. The van der Waals surface area contributed by atoms with Gasteiger partial charge in [-0.25, -0.2) is 0 Å². The molecule has 0 unspecified atom stereocenters. The molecule has 1 aromatic rings. The lowest BCUT2D eigenvalue weighted by atomic mass is 10.3. The zero-order valence-electron chi connectivity index (χ0n) is 8.34. The van der Waals surface area contributed by atoms with Crippen molar-refractivity contribution in [2.24, 2.45) is 0 Å². The fourth-order valence-corrected chi connectivity index (χ4v) is 1.33. The number of benzene rings is 1. The number of ether oxygens (including phenoxy) is 1. The third kappa shape index (κ3) is 4.48. The molecule has 1 N–H and O–H groups in total. The Labute approximate surface area is 103 Å². The maximum Gasteiger partial charge on any atom is 0.573 e. The molecular formula is C10H7BrF3NO2. The monoisotopic (exact) mass is 309 g/mol. The van der Waals surface area contributed by atoms with Gasteiger partial charge in [0.15, 0.2) is 5.75 Å². The van der Waals surface area contributed by atoms with Crippen molar-refractivity contribution in [1.29, 1.82) is 0 Å². The van der Waals surface area contributed by atoms with Crippen LogP contribution in [0, 0.1) is 0 Å². The normalized spacial score (nSPS) is 10.8. The number of alkyl halides is 3. The Morgan fingerprint density at radius 2 is 2.12 bits per heavy atom. The Balaban J connectivity index is 3.03. The highest BCUT2D eigenvalue weighted by atomic mass is 79.9. The van der Waals surface area contributed by atoms with Crippen molar-refractivity contribution in [3.05, 3.63) is 35.3 Å². The fraction of sp³-hybridized carbons (Fsp3) is 0.100. The van der Waals surface area contributed by atoms with Crippen molar-refractivity contribution >= 4 is 27.5 Å². The van der Waals surface area contributed by atoms with E-state index in [0.717, 1.165) is 12.1 Å². The minimum absolute atomic E-state index is 0.0876. The molecule has 0 aromatic heterocycles. The van der Waals surface area contributed by atoms with E-state index in [0.29, 0.717) is 4.47 Å². The number of halogens is 4. The Kier molecular flexibility index (Phi) is 4.17. The third-order valence-electron chi connectivity index (χ3n) is 1.61. The highest BCUT2D eigenvalue weighted by molar-refractivity contribution is 9.10. The van der Waals surface area contributed by atoms with Crippen LogP contribution in [0.25, 0.3) is 0 Å². The van der Waals surface area contributed by atoms with Gasteiger partial charge in [-0.15, -0.1) is 13.2 Å². The lowest BCUT2D eigenvalue weighted by molar-refractivity contribution is -0.274. The quantitative estimate of drug-likeness (QED) is 0.868. The predicted molar refractivity (Wildman–Crippen MR) is 59.7 cm³/mol. The molecule has 7 heteroatoms. The fourth-order valence-electron chi connectivity index (χ4n) is 0.992. The Morgan fingerprint density at radius 3 is 2.65 bits per heavy atom. The summed E-state index contributed by atoms with van der Waals surface area (Å²) in [4.78, 5) is 11.0. The van der Waals surface area contributed by atoms with E-state index >= 15 is 0 Å². The van der Waals surface area contributed by atoms with Crippen LogP contribution in [0.4, 0.5) is 18.9 Å². The second-order valence-corrected chi connectivity index (χ2v) is 3.80. The molecule has 0 radical (unpaired) electrons. The molecule has 3 nitrogen and oxygen atoms in total. The first-order valence-corrected chi connectivity index (χ1v) is 5.10. The molecule has 0 spiro atoms. The van der Waals surface area contributed by atoms with Gasteiger partial charge in [0.1, 0.15) is 0 Å². The summed E-state index contributed by atoms with van der Waals surface area (Å²) < 4.78 is 40.5. The van der Waals surface area contributed by atoms with Crippen molar-refractivity contribution < 1.29 is 22.7 Å². The van der Waals surface area contributed by atoms with Gasteiger partial charge in [-0.05, 0) is 24.3 Å². The largest absolute Gasteiger partial charge is 0.573 e. The second-order valence-electron chi connectivity index (χ2n) is 2.88. The average molecular weight is 310 g/mol. The smallest absolute Gasteiger partial charge is 0.404 e. The minimum atomic E-state index is -4.82. The summed E-state index contributed by atoms with van der Waals surface area (Å²) in [5, 5.41) is 2.21. The van der Waals surface area contributed by atoms with Crippen LogP contribution in [-0.4, -0.2) is 12.3 Å². The summed E-state index contributed by atoms with van der Waals surface area (Å²) >= 11 is 3.01. The first kappa shape index (κ1) is 13.6. The number of hydrogen-bond acceptors (Lipinski definition) is 2. The van der Waals surface area contributed by atoms with Gasteiger partial charge >= 0.3 is 6.36 Å². The number of rotatable bonds is 3. The standard InChI is InChI=1S/C10H7BrF3NO2/c1-2-9(16)15-7-4-3-6(11)5-8(7)17-10(12,13)14/h2-5H,1H2,(H,15,16). The molecule has 1 amide bonds. The lowest BCUT2D eigenvalue weighted by Gasteiger charge is -2.13. The molecule has 0 aliphatic heterocycles. The SMILES string of the molecule is C=CC(=O)Nc1ccc(Br)cc1OC(F)(F)F. The Hall–Kier alpha value is -1.50. The van der Waals surface area contributed by atoms with Crippen LogP contribution in [0.2, 0.25) is 0 Å². The van der Waals surface area contributed by atoms with Gasteiger partial charge in [0.05, 0.1) is 5.69 Å². The van der Waals surface area contributed by atoms with E-state index in [1.54, 1.807) is 0 Å². The Morgan fingerprint density at radius 1 is 1.47 bits per heavy atom. The molecule has 1 aromatic carbocycles. The highest BCUT2D eigenvalue weighted by Gasteiger charge is 2.32. The van der Waals surface area contributed by atoms with Crippen LogP contribution < -0.4 is 10.1 Å². The minimum Gasteiger partial charge on any atom is -0.404 e. The number of amides is 1. The summed E-state index contributed by atoms with van der Waals surface area (Å²) in [6, 6.07) is 3.86. The molecule has 0 heterocycles. The molecular weight excluding hydrogens is 303 g/mol. The maximum atomic E-state index is 12.1. The molecule has 0 atom stereocenters. The van der Waals surface area contributed by atoms with Gasteiger partial charge in [-0.2, -0.15) is 0 Å². The number of nitrogens with one attached hydrogen (secondary N) is 1. The van der Waals surface area contributed by atoms with E-state index in [4.69, 9.17) is 0 Å². The molecule has 0 bridgehead atoms. The lowest BCUT2D eigenvalue weighted by Crippen LogP contribution is -2.19. The van der Waals surface area contributed by atoms with Gasteiger partial charge in [-0.1, -0.05) is 22.5 Å². The van der Waals surface area contributed by atoms with Crippen molar-refractivity contribution in [2.75, 3.05) is 5.32 Å². The van der Waals surface area contributed by atoms with Crippen LogP contribution >= 0.6 is 15.9 Å². The number of carbonyl (C=O) groups excluding carboxylic acids is 1. The van der Waals surface area contributed by atoms with E-state index in [1.165, 1.54) is 12.1 Å². The summed E-state index contributed by atoms with van der Waals surface area (Å²) in [5.41, 5.74) is -0.0876. The zero-order chi connectivity index (χ0) is 13.1. The zero-order valence-corrected chi connectivity index (χ0v) is 9.93. The van der Waals surface area contributed by atoms with Gasteiger partial charge in [0.25, 0.3) is 0 Å². The van der Waals surface area contributed by atoms with Crippen molar-refractivity contribution in [3.63, 3.8) is 0 Å². The molecule has 17 heavy (non-hydrogen) atoms. The molecule has 0 saturated carbocycles. The van der Waals surface area contributed by atoms with Crippen LogP contribution in [0.15, 0.2) is 35.3 Å². The van der Waals surface area contributed by atoms with Gasteiger partial charge < -0.3 is 10.1 Å². The topological polar surface area (TPSA) is 38.3 Å². The molecule has 0 fully saturated rings. The molecule has 92 valence electrons. The van der Waals surface area contributed by atoms with Crippen molar-refractivity contribution in [2.45, 2.75) is 6.36 Å². The van der Waals surface area contributed by atoms with Gasteiger partial charge in [0.2, 0.25) is 5.91 Å². The Bertz CT molecular complexity index is 446. The average Bonchev–Trinajstić information content (AvgIpc) is 2.19. The van der Waals surface area contributed by atoms with E-state index in [-0.39, 0.29) is 5.69 Å². The summed E-state index contributed by atoms with van der Waals surface area (Å²) in [6.07, 6.45) is -3.88. The first-order valence-electron chi connectivity index (χ1n) is 4.30. The van der Waals surface area contributed by atoms with E-state index in [1.807, 2.05) is 0 Å². The summed E-state index contributed by atoms with van der Waals surface area (Å²) in [5.74, 6) is -1.12. The van der Waals surface area contributed by atoms with Crippen molar-refractivity contribution in [1.82, 2.24) is 0 Å². The van der Waals surface area contributed by atoms with Crippen LogP contribution in [-0.2, 0) is 4.79 Å². The van der Waals surface area contributed by atoms with E-state index < -0.39 is 18.0 Å². The number of hydrogen-bond donors (Lipinski definition) is 1. The molecule has 0 aliphatic carbocycles. The first-order chi connectivity index (χ1) is 7.81. The van der Waals surface area contributed by atoms with Crippen molar-refractivity contribution in [3.8, 4) is 5.75 Å². The summed E-state index contributed by atoms with van der Waals surface area (Å²) in [7, 11) is 0. The molecule has 1 rings (SSSR count). The van der Waals surface area contributed by atoms with Crippen LogP contribution in [0.1, 0.15) is 0 Å². The van der Waals surface area contributed by atoms with E-state index in [9.17, 15) is 18.0 Å². The summed E-state index contributed by atoms with van der Waals surface area (Å²) in [6.45, 7) is 3.19. The van der Waals surface area contributed by atoms with Gasteiger partial charge in [0, 0.05) is 4.47 Å². The van der Waals surface area contributed by atoms with Crippen LogP contribution in [0.5, 0.6) is 5.75 Å².